The standard InChI is InChI=1S/C18H18N6O3/c1-2-19-17(25)11-27-16-9-5-14(6-10-16)21-18(26)13-3-7-15(8-4-13)24-12-20-22-23-24/h3-10,12H,2,11H2,1H3,(H,19,25)(H,21,26). The number of aromatic nitrogens is 4. The van der Waals surface area contributed by atoms with Gasteiger partial charge >= 0.3 is 0 Å². The summed E-state index contributed by atoms with van der Waals surface area (Å²) in [5.74, 6) is 0.124. The molecule has 2 N–H and O–H groups in total. The third-order valence-corrected chi connectivity index (χ3v) is 3.60. The van der Waals surface area contributed by atoms with Crippen LogP contribution in [0.15, 0.2) is 54.9 Å². The highest BCUT2D eigenvalue weighted by molar-refractivity contribution is 6.04. The molecule has 138 valence electrons. The number of benzene rings is 2. The van der Waals surface area contributed by atoms with Gasteiger partial charge < -0.3 is 15.4 Å². The Morgan fingerprint density at radius 2 is 1.81 bits per heavy atom. The Bertz CT molecular complexity index is 892. The number of ether oxygens (including phenoxy) is 1. The van der Waals surface area contributed by atoms with E-state index < -0.39 is 0 Å². The van der Waals surface area contributed by atoms with Crippen LogP contribution in [0.4, 0.5) is 5.69 Å². The van der Waals surface area contributed by atoms with E-state index in [0.29, 0.717) is 23.5 Å². The third kappa shape index (κ3) is 4.88. The Morgan fingerprint density at radius 3 is 2.44 bits per heavy atom. The van der Waals surface area contributed by atoms with Crippen LogP contribution in [0, 0.1) is 0 Å². The van der Waals surface area contributed by atoms with E-state index in [-0.39, 0.29) is 18.4 Å². The van der Waals surface area contributed by atoms with Gasteiger partial charge in [0.15, 0.2) is 6.61 Å². The first-order chi connectivity index (χ1) is 13.2. The fourth-order valence-electron chi connectivity index (χ4n) is 2.28. The van der Waals surface area contributed by atoms with E-state index >= 15 is 0 Å². The van der Waals surface area contributed by atoms with Gasteiger partial charge in [-0.05, 0) is 65.9 Å². The zero-order chi connectivity index (χ0) is 19.1. The van der Waals surface area contributed by atoms with E-state index in [9.17, 15) is 9.59 Å². The van der Waals surface area contributed by atoms with E-state index in [1.54, 1.807) is 48.5 Å². The van der Waals surface area contributed by atoms with Crippen LogP contribution in [-0.2, 0) is 4.79 Å². The van der Waals surface area contributed by atoms with Crippen LogP contribution >= 0.6 is 0 Å². The average Bonchev–Trinajstić information content (AvgIpc) is 3.23. The summed E-state index contributed by atoms with van der Waals surface area (Å²) in [4.78, 5) is 23.7. The molecule has 27 heavy (non-hydrogen) atoms. The van der Waals surface area contributed by atoms with Crippen LogP contribution in [0.5, 0.6) is 5.75 Å². The average molecular weight is 366 g/mol. The Hall–Kier alpha value is -3.75. The lowest BCUT2D eigenvalue weighted by molar-refractivity contribution is -0.122. The van der Waals surface area contributed by atoms with Crippen molar-refractivity contribution in [1.82, 2.24) is 25.5 Å². The van der Waals surface area contributed by atoms with Crippen molar-refractivity contribution in [3.63, 3.8) is 0 Å². The number of rotatable bonds is 7. The maximum absolute atomic E-state index is 12.3. The van der Waals surface area contributed by atoms with Gasteiger partial charge in [0.05, 0.1) is 5.69 Å². The predicted molar refractivity (Wildman–Crippen MR) is 97.7 cm³/mol. The minimum Gasteiger partial charge on any atom is -0.484 e. The van der Waals surface area contributed by atoms with Crippen molar-refractivity contribution >= 4 is 17.5 Å². The lowest BCUT2D eigenvalue weighted by atomic mass is 10.2. The largest absolute Gasteiger partial charge is 0.484 e. The molecule has 3 rings (SSSR count). The Kier molecular flexibility index (Phi) is 5.73. The topological polar surface area (TPSA) is 111 Å². The summed E-state index contributed by atoms with van der Waals surface area (Å²) in [5.41, 5.74) is 1.88. The molecule has 0 fully saturated rings. The molecule has 3 aromatic rings. The van der Waals surface area contributed by atoms with Crippen LogP contribution < -0.4 is 15.4 Å². The molecule has 0 aliphatic rings. The molecule has 0 aliphatic heterocycles. The molecule has 0 saturated carbocycles. The second-order valence-electron chi connectivity index (χ2n) is 5.52. The zero-order valence-electron chi connectivity index (χ0n) is 14.6. The number of carbonyl (C=O) groups is 2. The molecule has 0 radical (unpaired) electrons. The van der Waals surface area contributed by atoms with E-state index in [1.807, 2.05) is 6.92 Å². The number of tetrazole rings is 1. The first-order valence-corrected chi connectivity index (χ1v) is 8.30. The lowest BCUT2D eigenvalue weighted by Gasteiger charge is -2.09. The van der Waals surface area contributed by atoms with E-state index in [1.165, 1.54) is 11.0 Å². The van der Waals surface area contributed by atoms with Crippen LogP contribution in [0.25, 0.3) is 5.69 Å². The quantitative estimate of drug-likeness (QED) is 0.654. The Morgan fingerprint density at radius 1 is 1.07 bits per heavy atom. The summed E-state index contributed by atoms with van der Waals surface area (Å²) >= 11 is 0. The molecule has 0 aliphatic carbocycles. The van der Waals surface area contributed by atoms with Crippen LogP contribution in [-0.4, -0.2) is 45.2 Å². The molecule has 2 aromatic carbocycles. The third-order valence-electron chi connectivity index (χ3n) is 3.60. The zero-order valence-corrected chi connectivity index (χ0v) is 14.6. The van der Waals surface area contributed by atoms with Crippen LogP contribution in [0.3, 0.4) is 0 Å². The molecule has 0 unspecified atom stereocenters. The highest BCUT2D eigenvalue weighted by Crippen LogP contribution is 2.17. The van der Waals surface area contributed by atoms with E-state index in [2.05, 4.69) is 26.2 Å². The summed E-state index contributed by atoms with van der Waals surface area (Å²) in [6, 6.07) is 13.7. The minimum absolute atomic E-state index is 0.0484. The maximum Gasteiger partial charge on any atom is 0.257 e. The van der Waals surface area contributed by atoms with Gasteiger partial charge in [-0.3, -0.25) is 9.59 Å². The second kappa shape index (κ2) is 8.56. The number of amides is 2. The number of nitrogens with zero attached hydrogens (tertiary/aromatic N) is 4. The lowest BCUT2D eigenvalue weighted by Crippen LogP contribution is -2.28. The fourth-order valence-corrected chi connectivity index (χ4v) is 2.28. The summed E-state index contributed by atoms with van der Waals surface area (Å²) in [7, 11) is 0. The van der Waals surface area contributed by atoms with Gasteiger partial charge in [-0.15, -0.1) is 5.10 Å². The summed E-state index contributed by atoms with van der Waals surface area (Å²) in [5, 5.41) is 16.4. The number of hydrogen-bond donors (Lipinski definition) is 2. The number of hydrogen-bond acceptors (Lipinski definition) is 6. The van der Waals surface area contributed by atoms with Crippen molar-refractivity contribution in [2.75, 3.05) is 18.5 Å². The molecule has 9 heteroatoms. The van der Waals surface area contributed by atoms with E-state index in [4.69, 9.17) is 4.74 Å². The number of likely N-dealkylation sites (N-methyl/N-ethyl adjacent to an activating group) is 1. The van der Waals surface area contributed by atoms with Gasteiger partial charge in [0.25, 0.3) is 11.8 Å². The van der Waals surface area contributed by atoms with E-state index in [0.717, 1.165) is 5.69 Å². The monoisotopic (exact) mass is 366 g/mol. The molecular weight excluding hydrogens is 348 g/mol. The molecule has 0 saturated heterocycles. The van der Waals surface area contributed by atoms with Crippen molar-refractivity contribution < 1.29 is 14.3 Å². The summed E-state index contributed by atoms with van der Waals surface area (Å²) in [6.45, 7) is 2.35. The van der Waals surface area contributed by atoms with Crippen LogP contribution in [0.2, 0.25) is 0 Å². The summed E-state index contributed by atoms with van der Waals surface area (Å²) < 4.78 is 6.87. The number of carbonyl (C=O) groups excluding carboxylic acids is 2. The first kappa shape index (κ1) is 18.1. The predicted octanol–water partition coefficient (Wildman–Crippen LogP) is 1.43. The molecule has 1 heterocycles. The highest BCUT2D eigenvalue weighted by Gasteiger charge is 2.08. The van der Waals surface area contributed by atoms with Gasteiger partial charge in [0.2, 0.25) is 0 Å². The van der Waals surface area contributed by atoms with Gasteiger partial charge in [-0.2, -0.15) is 0 Å². The molecule has 1 aromatic heterocycles. The van der Waals surface area contributed by atoms with Gasteiger partial charge in [-0.25, -0.2) is 4.68 Å². The van der Waals surface area contributed by atoms with Gasteiger partial charge in [0, 0.05) is 17.8 Å². The van der Waals surface area contributed by atoms with Crippen molar-refractivity contribution in [3.8, 4) is 11.4 Å². The Balaban J connectivity index is 1.56. The first-order valence-electron chi connectivity index (χ1n) is 8.30. The van der Waals surface area contributed by atoms with Crippen molar-refractivity contribution in [3.05, 3.63) is 60.4 Å². The fraction of sp³-hybridized carbons (Fsp3) is 0.167. The normalized spacial score (nSPS) is 10.3. The van der Waals surface area contributed by atoms with Crippen molar-refractivity contribution in [2.45, 2.75) is 6.92 Å². The molecular formula is C18H18N6O3. The minimum atomic E-state index is -0.241. The van der Waals surface area contributed by atoms with Gasteiger partial charge in [0.1, 0.15) is 12.1 Å². The molecule has 0 bridgehead atoms. The molecule has 0 spiro atoms. The second-order valence-corrected chi connectivity index (χ2v) is 5.52. The Labute approximate surface area is 155 Å². The van der Waals surface area contributed by atoms with Crippen molar-refractivity contribution in [2.24, 2.45) is 0 Å². The van der Waals surface area contributed by atoms with Crippen LogP contribution in [0.1, 0.15) is 17.3 Å². The van der Waals surface area contributed by atoms with Gasteiger partial charge in [-0.1, -0.05) is 0 Å². The smallest absolute Gasteiger partial charge is 0.257 e. The highest BCUT2D eigenvalue weighted by atomic mass is 16.5. The maximum atomic E-state index is 12.3. The summed E-state index contributed by atoms with van der Waals surface area (Å²) in [6.07, 6.45) is 1.48. The number of nitrogens with one attached hydrogen (secondary N) is 2. The SMILES string of the molecule is CCNC(=O)COc1ccc(NC(=O)c2ccc(-n3cnnn3)cc2)cc1. The number of anilines is 1. The molecule has 9 nitrogen and oxygen atoms in total. The van der Waals surface area contributed by atoms with Crippen molar-refractivity contribution in [1.29, 1.82) is 0 Å². The molecule has 2 amide bonds. The molecule has 0 atom stereocenters.